The highest BCUT2D eigenvalue weighted by Crippen LogP contribution is 2.35. The molecule has 0 bridgehead atoms. The predicted octanol–water partition coefficient (Wildman–Crippen LogP) is 2.74. The maximum Gasteiger partial charge on any atom is 0.269 e. The number of nitrogens with zero attached hydrogens (tertiary/aromatic N) is 2. The van der Waals surface area contributed by atoms with E-state index in [0.29, 0.717) is 30.0 Å². The van der Waals surface area contributed by atoms with Crippen LogP contribution in [0.25, 0.3) is 0 Å². The van der Waals surface area contributed by atoms with E-state index < -0.39 is 14.9 Å². The van der Waals surface area contributed by atoms with Crippen LogP contribution in [0.1, 0.15) is 12.5 Å². The van der Waals surface area contributed by atoms with E-state index in [4.69, 9.17) is 4.74 Å². The molecule has 0 saturated carbocycles. The van der Waals surface area contributed by atoms with Crippen LogP contribution in [-0.4, -0.2) is 26.5 Å². The Morgan fingerprint density at radius 1 is 1.21 bits per heavy atom. The van der Waals surface area contributed by atoms with Gasteiger partial charge in [-0.2, -0.15) is 0 Å². The average molecular weight is 348 g/mol. The molecule has 0 saturated heterocycles. The van der Waals surface area contributed by atoms with Crippen molar-refractivity contribution in [2.75, 3.05) is 17.5 Å². The molecule has 0 aromatic heterocycles. The van der Waals surface area contributed by atoms with Gasteiger partial charge in [0.2, 0.25) is 0 Å². The van der Waals surface area contributed by atoms with Gasteiger partial charge >= 0.3 is 0 Å². The molecule has 2 aromatic carbocycles. The second-order valence-corrected chi connectivity index (χ2v) is 7.16. The minimum absolute atomic E-state index is 0.0333. The molecule has 1 aliphatic heterocycles. The first-order valence-corrected chi connectivity index (χ1v) is 8.90. The van der Waals surface area contributed by atoms with Gasteiger partial charge in [-0.15, -0.1) is 0 Å². The summed E-state index contributed by atoms with van der Waals surface area (Å²) in [6.07, 6.45) is 0.452. The molecule has 1 heterocycles. The largest absolute Gasteiger partial charge is 0.494 e. The molecular formula is C16H16N2O5S. The van der Waals surface area contributed by atoms with Crippen molar-refractivity contribution in [2.24, 2.45) is 0 Å². The van der Waals surface area contributed by atoms with Crippen molar-refractivity contribution in [3.63, 3.8) is 0 Å². The van der Waals surface area contributed by atoms with Crippen LogP contribution in [-0.2, 0) is 16.4 Å². The molecule has 0 atom stereocenters. The van der Waals surface area contributed by atoms with Gasteiger partial charge in [-0.1, -0.05) is 0 Å². The molecule has 0 spiro atoms. The number of non-ortho nitro benzene ring substituents is 1. The Morgan fingerprint density at radius 2 is 1.92 bits per heavy atom. The Morgan fingerprint density at radius 3 is 2.54 bits per heavy atom. The maximum atomic E-state index is 12.8. The quantitative estimate of drug-likeness (QED) is 0.612. The summed E-state index contributed by atoms with van der Waals surface area (Å²) in [5, 5.41) is 10.8. The Hall–Kier alpha value is -2.61. The Bertz CT molecular complexity index is 878. The SMILES string of the molecule is CCOc1ccc(S(=O)(=O)N2CCc3cc([N+](=O)[O-])ccc32)cc1. The number of nitro groups is 1. The number of benzene rings is 2. The van der Waals surface area contributed by atoms with Crippen LogP contribution >= 0.6 is 0 Å². The molecule has 24 heavy (non-hydrogen) atoms. The van der Waals surface area contributed by atoms with Gasteiger partial charge in [0.05, 0.1) is 22.1 Å². The van der Waals surface area contributed by atoms with E-state index in [9.17, 15) is 18.5 Å². The van der Waals surface area contributed by atoms with Crippen LogP contribution in [0.4, 0.5) is 11.4 Å². The van der Waals surface area contributed by atoms with Gasteiger partial charge in [0.1, 0.15) is 5.75 Å². The second kappa shape index (κ2) is 6.12. The van der Waals surface area contributed by atoms with Gasteiger partial charge in [0.15, 0.2) is 0 Å². The summed E-state index contributed by atoms with van der Waals surface area (Å²) in [6.45, 7) is 2.63. The van der Waals surface area contributed by atoms with Gasteiger partial charge < -0.3 is 4.74 Å². The van der Waals surface area contributed by atoms with Crippen LogP contribution in [0.2, 0.25) is 0 Å². The highest BCUT2D eigenvalue weighted by molar-refractivity contribution is 7.92. The molecule has 3 rings (SSSR count). The third-order valence-corrected chi connectivity index (χ3v) is 5.68. The van der Waals surface area contributed by atoms with Crippen LogP contribution in [0.3, 0.4) is 0 Å². The summed E-state index contributed by atoms with van der Waals surface area (Å²) < 4.78 is 32.3. The minimum atomic E-state index is -3.71. The molecule has 0 radical (unpaired) electrons. The van der Waals surface area contributed by atoms with Crippen molar-refractivity contribution in [3.8, 4) is 5.75 Å². The molecule has 0 fully saturated rings. The number of fused-ring (bicyclic) bond motifs is 1. The predicted molar refractivity (Wildman–Crippen MR) is 88.9 cm³/mol. The summed E-state index contributed by atoms with van der Waals surface area (Å²) >= 11 is 0. The topological polar surface area (TPSA) is 89.8 Å². The summed E-state index contributed by atoms with van der Waals surface area (Å²) in [4.78, 5) is 10.5. The van der Waals surface area contributed by atoms with E-state index in [1.54, 1.807) is 12.1 Å². The molecule has 126 valence electrons. The van der Waals surface area contributed by atoms with E-state index in [2.05, 4.69) is 0 Å². The summed E-state index contributed by atoms with van der Waals surface area (Å²) in [7, 11) is -3.71. The lowest BCUT2D eigenvalue weighted by Gasteiger charge is -2.19. The van der Waals surface area contributed by atoms with E-state index in [0.717, 1.165) is 0 Å². The monoisotopic (exact) mass is 348 g/mol. The molecule has 0 N–H and O–H groups in total. The van der Waals surface area contributed by atoms with Gasteiger partial charge in [-0.25, -0.2) is 8.42 Å². The molecular weight excluding hydrogens is 332 g/mol. The van der Waals surface area contributed by atoms with Gasteiger partial charge in [-0.05, 0) is 49.2 Å². The standard InChI is InChI=1S/C16H16N2O5S/c1-2-23-14-4-6-15(7-5-14)24(21,22)17-10-9-12-11-13(18(19)20)3-8-16(12)17/h3-8,11H,2,9-10H2,1H3. The number of hydrogen-bond acceptors (Lipinski definition) is 5. The summed E-state index contributed by atoms with van der Waals surface area (Å²) in [6, 6.07) is 10.5. The normalized spacial score (nSPS) is 13.6. The van der Waals surface area contributed by atoms with Gasteiger partial charge in [-0.3, -0.25) is 14.4 Å². The number of hydrogen-bond donors (Lipinski definition) is 0. The number of ether oxygens (including phenoxy) is 1. The van der Waals surface area contributed by atoms with E-state index in [1.165, 1.54) is 34.6 Å². The third kappa shape index (κ3) is 2.80. The molecule has 0 unspecified atom stereocenters. The fourth-order valence-corrected chi connectivity index (χ4v) is 4.23. The lowest BCUT2D eigenvalue weighted by Crippen LogP contribution is -2.29. The van der Waals surface area contributed by atoms with Crippen molar-refractivity contribution in [1.29, 1.82) is 0 Å². The maximum absolute atomic E-state index is 12.8. The molecule has 0 aliphatic carbocycles. The molecule has 2 aromatic rings. The van der Waals surface area contributed by atoms with Gasteiger partial charge in [0, 0.05) is 18.7 Å². The highest BCUT2D eigenvalue weighted by atomic mass is 32.2. The molecule has 8 heteroatoms. The Kier molecular flexibility index (Phi) is 4.15. The third-order valence-electron chi connectivity index (χ3n) is 3.85. The van der Waals surface area contributed by atoms with Crippen LogP contribution in [0.5, 0.6) is 5.75 Å². The molecule has 7 nitrogen and oxygen atoms in total. The zero-order valence-electron chi connectivity index (χ0n) is 13.0. The van der Waals surface area contributed by atoms with Crippen LogP contribution < -0.4 is 9.04 Å². The van der Waals surface area contributed by atoms with Crippen molar-refractivity contribution < 1.29 is 18.1 Å². The Labute approximate surface area is 139 Å². The minimum Gasteiger partial charge on any atom is -0.494 e. The number of sulfonamides is 1. The first-order valence-electron chi connectivity index (χ1n) is 7.46. The summed E-state index contributed by atoms with van der Waals surface area (Å²) in [5.41, 5.74) is 1.13. The van der Waals surface area contributed by atoms with E-state index in [1.807, 2.05) is 6.92 Å². The average Bonchev–Trinajstić information content (AvgIpc) is 2.99. The molecule has 1 aliphatic rings. The Balaban J connectivity index is 1.94. The fraction of sp³-hybridized carbons (Fsp3) is 0.250. The number of anilines is 1. The smallest absolute Gasteiger partial charge is 0.269 e. The van der Waals surface area contributed by atoms with Gasteiger partial charge in [0.25, 0.3) is 15.7 Å². The fourth-order valence-electron chi connectivity index (χ4n) is 2.72. The van der Waals surface area contributed by atoms with Crippen molar-refractivity contribution in [3.05, 3.63) is 58.1 Å². The van der Waals surface area contributed by atoms with Crippen molar-refractivity contribution >= 4 is 21.4 Å². The summed E-state index contributed by atoms with van der Waals surface area (Å²) in [5.74, 6) is 0.605. The first-order chi connectivity index (χ1) is 11.4. The van der Waals surface area contributed by atoms with E-state index >= 15 is 0 Å². The highest BCUT2D eigenvalue weighted by Gasteiger charge is 2.31. The van der Waals surface area contributed by atoms with E-state index in [-0.39, 0.29) is 17.1 Å². The first kappa shape index (κ1) is 16.3. The number of nitro benzene ring substituents is 1. The number of rotatable bonds is 5. The van der Waals surface area contributed by atoms with Crippen LogP contribution in [0, 0.1) is 10.1 Å². The van der Waals surface area contributed by atoms with Crippen molar-refractivity contribution in [1.82, 2.24) is 0 Å². The van der Waals surface area contributed by atoms with Crippen LogP contribution in [0.15, 0.2) is 47.4 Å². The lowest BCUT2D eigenvalue weighted by molar-refractivity contribution is -0.384. The second-order valence-electron chi connectivity index (χ2n) is 5.30. The molecule has 0 amide bonds. The van der Waals surface area contributed by atoms with Crippen molar-refractivity contribution in [2.45, 2.75) is 18.2 Å². The zero-order valence-corrected chi connectivity index (χ0v) is 13.8. The lowest BCUT2D eigenvalue weighted by atomic mass is 10.1. The zero-order chi connectivity index (χ0) is 17.3.